The smallest absolute Gasteiger partial charge is 0.274 e. The highest BCUT2D eigenvalue weighted by Gasteiger charge is 2.54. The molecule has 0 bridgehead atoms. The summed E-state index contributed by atoms with van der Waals surface area (Å²) < 4.78 is 1.67. The van der Waals surface area contributed by atoms with Gasteiger partial charge in [-0.2, -0.15) is 0 Å². The van der Waals surface area contributed by atoms with Crippen LogP contribution in [0.2, 0.25) is 0 Å². The van der Waals surface area contributed by atoms with Crippen LogP contribution in [-0.2, 0) is 17.9 Å². The number of carbonyl (C=O) groups excluding carboxylic acids is 3. The van der Waals surface area contributed by atoms with Gasteiger partial charge in [-0.05, 0) is 38.2 Å². The Kier molecular flexibility index (Phi) is 5.23. The summed E-state index contributed by atoms with van der Waals surface area (Å²) in [5.41, 5.74) is 0.367. The van der Waals surface area contributed by atoms with Crippen molar-refractivity contribution in [2.45, 2.75) is 76.2 Å². The van der Waals surface area contributed by atoms with Gasteiger partial charge in [-0.15, -0.1) is 0 Å². The molecule has 1 aromatic carbocycles. The van der Waals surface area contributed by atoms with Gasteiger partial charge in [-0.1, -0.05) is 43.2 Å². The molecule has 5 rings (SSSR count). The summed E-state index contributed by atoms with van der Waals surface area (Å²) in [5, 5.41) is 6.03. The van der Waals surface area contributed by atoms with Gasteiger partial charge >= 0.3 is 0 Å². The van der Waals surface area contributed by atoms with Crippen LogP contribution in [-0.4, -0.2) is 49.8 Å². The van der Waals surface area contributed by atoms with Crippen molar-refractivity contribution >= 4 is 17.7 Å². The monoisotopic (exact) mass is 435 g/mol. The van der Waals surface area contributed by atoms with Crippen molar-refractivity contribution in [2.24, 2.45) is 0 Å². The molecule has 2 fully saturated rings. The average molecular weight is 436 g/mol. The first kappa shape index (κ1) is 20.7. The molecular formula is C24H29N5O3. The van der Waals surface area contributed by atoms with Crippen LogP contribution in [0.1, 0.15) is 72.0 Å². The lowest BCUT2D eigenvalue weighted by Crippen LogP contribution is -2.65. The van der Waals surface area contributed by atoms with Crippen LogP contribution < -0.4 is 10.6 Å². The second-order valence-electron chi connectivity index (χ2n) is 9.37. The summed E-state index contributed by atoms with van der Waals surface area (Å²) >= 11 is 0. The van der Waals surface area contributed by atoms with Crippen LogP contribution in [0.4, 0.5) is 0 Å². The van der Waals surface area contributed by atoms with Crippen LogP contribution in [0.25, 0.3) is 0 Å². The molecule has 2 saturated carbocycles. The van der Waals surface area contributed by atoms with E-state index in [9.17, 15) is 14.4 Å². The molecule has 3 amide bonds. The normalized spacial score (nSPS) is 23.2. The molecule has 1 atom stereocenters. The zero-order valence-corrected chi connectivity index (χ0v) is 18.3. The van der Waals surface area contributed by atoms with Gasteiger partial charge in [0.25, 0.3) is 11.8 Å². The molecule has 3 aliphatic rings. The second-order valence-corrected chi connectivity index (χ2v) is 9.37. The van der Waals surface area contributed by atoms with Crippen molar-refractivity contribution in [1.82, 2.24) is 25.1 Å². The van der Waals surface area contributed by atoms with E-state index in [4.69, 9.17) is 0 Å². The molecule has 2 aliphatic carbocycles. The van der Waals surface area contributed by atoms with Crippen molar-refractivity contribution in [2.75, 3.05) is 0 Å². The molecule has 0 spiro atoms. The standard InChI is InChI=1S/C24H29N5O3/c1-24(23(32)27-17-9-5-6-10-17)14-28-15-26-19(20(28)22(31)29(24)18-11-12-18)21(30)25-13-16-7-3-2-4-8-16/h2-4,7-8,15,17-18H,5-6,9-14H2,1H3,(H,25,30)(H,27,32)/t24-/m0/s1. The number of hydrogen-bond acceptors (Lipinski definition) is 4. The first-order chi connectivity index (χ1) is 15.5. The molecule has 1 aliphatic heterocycles. The topological polar surface area (TPSA) is 96.3 Å². The number of rotatable bonds is 6. The molecule has 2 heterocycles. The molecular weight excluding hydrogens is 406 g/mol. The van der Waals surface area contributed by atoms with E-state index in [0.717, 1.165) is 44.1 Å². The van der Waals surface area contributed by atoms with Crippen molar-refractivity contribution in [1.29, 1.82) is 0 Å². The minimum absolute atomic E-state index is 0.0331. The van der Waals surface area contributed by atoms with Crippen LogP contribution >= 0.6 is 0 Å². The van der Waals surface area contributed by atoms with Gasteiger partial charge in [0.2, 0.25) is 5.91 Å². The average Bonchev–Trinajstić information content (AvgIpc) is 3.30. The maximum atomic E-state index is 13.6. The molecule has 8 heteroatoms. The number of nitrogens with one attached hydrogen (secondary N) is 2. The van der Waals surface area contributed by atoms with Gasteiger partial charge < -0.3 is 20.1 Å². The van der Waals surface area contributed by atoms with Crippen LogP contribution in [0.5, 0.6) is 0 Å². The zero-order valence-electron chi connectivity index (χ0n) is 18.3. The Bertz CT molecular complexity index is 1040. The van der Waals surface area contributed by atoms with Gasteiger partial charge in [0.1, 0.15) is 11.2 Å². The van der Waals surface area contributed by atoms with Crippen molar-refractivity contribution in [3.05, 3.63) is 53.6 Å². The summed E-state index contributed by atoms with van der Waals surface area (Å²) in [6.07, 6.45) is 7.49. The number of fused-ring (bicyclic) bond motifs is 1. The van der Waals surface area contributed by atoms with Crippen molar-refractivity contribution in [3.8, 4) is 0 Å². The van der Waals surface area contributed by atoms with Gasteiger partial charge in [-0.25, -0.2) is 4.98 Å². The quantitative estimate of drug-likeness (QED) is 0.727. The number of hydrogen-bond donors (Lipinski definition) is 2. The Labute approximate surface area is 187 Å². The van der Waals surface area contributed by atoms with E-state index in [0.29, 0.717) is 13.1 Å². The van der Waals surface area contributed by atoms with Crippen molar-refractivity contribution in [3.63, 3.8) is 0 Å². The first-order valence-electron chi connectivity index (χ1n) is 11.5. The van der Waals surface area contributed by atoms with E-state index in [-0.39, 0.29) is 41.2 Å². The molecule has 32 heavy (non-hydrogen) atoms. The Hall–Kier alpha value is -3.16. The van der Waals surface area contributed by atoms with Gasteiger partial charge in [0, 0.05) is 18.6 Å². The fourth-order valence-corrected chi connectivity index (χ4v) is 4.99. The molecule has 0 saturated heterocycles. The SMILES string of the molecule is C[C@@]1(C(=O)NC2CCCC2)Cn2cnc(C(=O)NCc3ccccc3)c2C(=O)N1C1CC1. The van der Waals surface area contributed by atoms with E-state index in [1.807, 2.05) is 37.3 Å². The fraction of sp³-hybridized carbons (Fsp3) is 0.500. The highest BCUT2D eigenvalue weighted by Crippen LogP contribution is 2.39. The molecule has 1 aromatic heterocycles. The van der Waals surface area contributed by atoms with Crippen LogP contribution in [0.15, 0.2) is 36.7 Å². The van der Waals surface area contributed by atoms with Gasteiger partial charge in [0.05, 0.1) is 12.9 Å². The van der Waals surface area contributed by atoms with Gasteiger partial charge in [0.15, 0.2) is 5.69 Å². The third-order valence-electron chi connectivity index (χ3n) is 6.87. The number of nitrogens with zero attached hydrogens (tertiary/aromatic N) is 3. The molecule has 2 N–H and O–H groups in total. The summed E-state index contributed by atoms with van der Waals surface area (Å²) in [5.74, 6) is -0.782. The van der Waals surface area contributed by atoms with E-state index in [1.165, 1.54) is 6.33 Å². The van der Waals surface area contributed by atoms with E-state index in [1.54, 1.807) is 9.47 Å². The lowest BCUT2D eigenvalue weighted by atomic mass is 9.93. The second kappa shape index (κ2) is 8.07. The molecule has 0 radical (unpaired) electrons. The third kappa shape index (κ3) is 3.67. The predicted octanol–water partition coefficient (Wildman–Crippen LogP) is 2.25. The third-order valence-corrected chi connectivity index (χ3v) is 6.87. The highest BCUT2D eigenvalue weighted by atomic mass is 16.2. The summed E-state index contributed by atoms with van der Waals surface area (Å²) in [7, 11) is 0. The number of amides is 3. The van der Waals surface area contributed by atoms with E-state index < -0.39 is 5.54 Å². The predicted molar refractivity (Wildman–Crippen MR) is 118 cm³/mol. The Balaban J connectivity index is 1.39. The summed E-state index contributed by atoms with van der Waals surface area (Å²) in [6, 6.07) is 9.81. The number of benzene rings is 1. The largest absolute Gasteiger partial charge is 0.351 e. The van der Waals surface area contributed by atoms with Crippen molar-refractivity contribution < 1.29 is 14.4 Å². The number of aromatic nitrogens is 2. The fourth-order valence-electron chi connectivity index (χ4n) is 4.99. The highest BCUT2D eigenvalue weighted by molar-refractivity contribution is 6.07. The zero-order chi connectivity index (χ0) is 22.3. The summed E-state index contributed by atoms with van der Waals surface area (Å²) in [4.78, 5) is 45.8. The number of imidazole rings is 1. The van der Waals surface area contributed by atoms with Crippen LogP contribution in [0, 0.1) is 0 Å². The maximum Gasteiger partial charge on any atom is 0.274 e. The minimum Gasteiger partial charge on any atom is -0.351 e. The Morgan fingerprint density at radius 1 is 1.12 bits per heavy atom. The van der Waals surface area contributed by atoms with E-state index >= 15 is 0 Å². The molecule has 0 unspecified atom stereocenters. The van der Waals surface area contributed by atoms with Crippen LogP contribution in [0.3, 0.4) is 0 Å². The molecule has 2 aromatic rings. The molecule has 168 valence electrons. The Morgan fingerprint density at radius 3 is 2.53 bits per heavy atom. The minimum atomic E-state index is -0.994. The Morgan fingerprint density at radius 2 is 1.84 bits per heavy atom. The first-order valence-corrected chi connectivity index (χ1v) is 11.5. The lowest BCUT2D eigenvalue weighted by molar-refractivity contribution is -0.134. The maximum absolute atomic E-state index is 13.6. The van der Waals surface area contributed by atoms with E-state index in [2.05, 4.69) is 15.6 Å². The summed E-state index contributed by atoms with van der Waals surface area (Å²) in [6.45, 7) is 2.49. The number of carbonyl (C=O) groups is 3. The lowest BCUT2D eigenvalue weighted by Gasteiger charge is -2.44. The van der Waals surface area contributed by atoms with Gasteiger partial charge in [-0.3, -0.25) is 14.4 Å². The molecule has 8 nitrogen and oxygen atoms in total.